The van der Waals surface area contributed by atoms with Gasteiger partial charge in [0.2, 0.25) is 10.0 Å². The first-order chi connectivity index (χ1) is 11.9. The average Bonchev–Trinajstić information content (AvgIpc) is 3.41. The Hall–Kier alpha value is -1.74. The molecule has 0 N–H and O–H groups in total. The Labute approximate surface area is 147 Å². The Morgan fingerprint density at radius 3 is 2.56 bits per heavy atom. The van der Waals surface area contributed by atoms with Crippen LogP contribution in [0.1, 0.15) is 31.5 Å². The standard InChI is InChI=1S/C16H24N6O2S/c1-12-17-18-15-5-6-16(19-22(12)15)21-9-7-13(8-10-21)11-20(2)25(23,24)14-3-4-14/h5-6,13-14H,3-4,7-11H2,1-2H3. The molecule has 2 aliphatic rings. The molecule has 2 fully saturated rings. The highest BCUT2D eigenvalue weighted by atomic mass is 32.2. The van der Waals surface area contributed by atoms with Crippen LogP contribution >= 0.6 is 0 Å². The first kappa shape index (κ1) is 16.7. The van der Waals surface area contributed by atoms with Gasteiger partial charge < -0.3 is 4.90 Å². The lowest BCUT2D eigenvalue weighted by molar-refractivity contribution is 0.327. The summed E-state index contributed by atoms with van der Waals surface area (Å²) in [6.07, 6.45) is 3.60. The minimum atomic E-state index is -3.06. The van der Waals surface area contributed by atoms with Gasteiger partial charge in [-0.15, -0.1) is 15.3 Å². The zero-order valence-corrected chi connectivity index (χ0v) is 15.5. The third kappa shape index (κ3) is 3.22. The largest absolute Gasteiger partial charge is 0.355 e. The monoisotopic (exact) mass is 364 g/mol. The van der Waals surface area contributed by atoms with Crippen LogP contribution < -0.4 is 4.90 Å². The van der Waals surface area contributed by atoms with Gasteiger partial charge in [-0.25, -0.2) is 12.7 Å². The number of sulfonamides is 1. The number of anilines is 1. The highest BCUT2D eigenvalue weighted by Gasteiger charge is 2.39. The van der Waals surface area contributed by atoms with E-state index in [1.165, 1.54) is 0 Å². The molecule has 25 heavy (non-hydrogen) atoms. The van der Waals surface area contributed by atoms with Crippen LogP contribution in [0.2, 0.25) is 0 Å². The van der Waals surface area contributed by atoms with E-state index in [1.54, 1.807) is 15.9 Å². The lowest BCUT2D eigenvalue weighted by Gasteiger charge is -2.34. The molecule has 0 bridgehead atoms. The van der Waals surface area contributed by atoms with Crippen molar-refractivity contribution in [1.82, 2.24) is 24.1 Å². The molecule has 0 aromatic carbocycles. The van der Waals surface area contributed by atoms with Crippen LogP contribution in [0.25, 0.3) is 5.65 Å². The summed E-state index contributed by atoms with van der Waals surface area (Å²) >= 11 is 0. The molecule has 0 unspecified atom stereocenters. The Morgan fingerprint density at radius 2 is 1.88 bits per heavy atom. The summed E-state index contributed by atoms with van der Waals surface area (Å²) in [6.45, 7) is 4.30. The molecule has 2 aromatic heterocycles. The smallest absolute Gasteiger partial charge is 0.216 e. The Kier molecular flexibility index (Phi) is 4.15. The van der Waals surface area contributed by atoms with Crippen LogP contribution in [0.5, 0.6) is 0 Å². The molecule has 1 saturated heterocycles. The van der Waals surface area contributed by atoms with Crippen LogP contribution in [0.3, 0.4) is 0 Å². The fourth-order valence-electron chi connectivity index (χ4n) is 3.49. The second-order valence-electron chi connectivity index (χ2n) is 7.16. The molecule has 1 aliphatic carbocycles. The summed E-state index contributed by atoms with van der Waals surface area (Å²) < 4.78 is 27.9. The summed E-state index contributed by atoms with van der Waals surface area (Å²) in [5.74, 6) is 2.11. The SMILES string of the molecule is Cc1nnc2ccc(N3CCC(CN(C)S(=O)(=O)C4CC4)CC3)nn12. The van der Waals surface area contributed by atoms with Gasteiger partial charge in [0.05, 0.1) is 5.25 Å². The van der Waals surface area contributed by atoms with Crippen molar-refractivity contribution in [3.63, 3.8) is 0 Å². The summed E-state index contributed by atoms with van der Waals surface area (Å²) in [5, 5.41) is 12.6. The predicted molar refractivity (Wildman–Crippen MR) is 95.0 cm³/mol. The van der Waals surface area contributed by atoms with Gasteiger partial charge in [0.15, 0.2) is 11.5 Å². The van der Waals surface area contributed by atoms with Crippen molar-refractivity contribution in [3.8, 4) is 0 Å². The van der Waals surface area contributed by atoms with E-state index in [9.17, 15) is 8.42 Å². The summed E-state index contributed by atoms with van der Waals surface area (Å²) in [7, 11) is -1.34. The van der Waals surface area contributed by atoms with Crippen LogP contribution in [0.4, 0.5) is 5.82 Å². The van der Waals surface area contributed by atoms with Gasteiger partial charge in [0, 0.05) is 26.7 Å². The lowest BCUT2D eigenvalue weighted by Crippen LogP contribution is -2.40. The zero-order chi connectivity index (χ0) is 17.6. The number of fused-ring (bicyclic) bond motifs is 1. The average molecular weight is 364 g/mol. The van der Waals surface area contributed by atoms with Gasteiger partial charge >= 0.3 is 0 Å². The maximum Gasteiger partial charge on any atom is 0.216 e. The third-order valence-electron chi connectivity index (χ3n) is 5.24. The molecule has 0 spiro atoms. The molecule has 3 heterocycles. The fourth-order valence-corrected chi connectivity index (χ4v) is 5.15. The van der Waals surface area contributed by atoms with Crippen LogP contribution in [-0.4, -0.2) is 64.5 Å². The number of nitrogens with zero attached hydrogens (tertiary/aromatic N) is 6. The van der Waals surface area contributed by atoms with E-state index in [-0.39, 0.29) is 5.25 Å². The van der Waals surface area contributed by atoms with Crippen molar-refractivity contribution in [2.45, 2.75) is 37.9 Å². The molecule has 9 heteroatoms. The number of aryl methyl sites for hydroxylation is 1. The number of aromatic nitrogens is 4. The van der Waals surface area contributed by atoms with Crippen molar-refractivity contribution in [3.05, 3.63) is 18.0 Å². The van der Waals surface area contributed by atoms with Crippen LogP contribution in [0.15, 0.2) is 12.1 Å². The van der Waals surface area contributed by atoms with Crippen molar-refractivity contribution >= 4 is 21.5 Å². The number of rotatable bonds is 5. The first-order valence-electron chi connectivity index (χ1n) is 8.84. The van der Waals surface area contributed by atoms with Gasteiger partial charge in [-0.2, -0.15) is 4.52 Å². The molecular formula is C16H24N6O2S. The lowest BCUT2D eigenvalue weighted by atomic mass is 9.97. The molecule has 0 amide bonds. The van der Waals surface area contributed by atoms with Gasteiger partial charge in [0.1, 0.15) is 5.82 Å². The van der Waals surface area contributed by atoms with Crippen molar-refractivity contribution in [1.29, 1.82) is 0 Å². The normalized spacial score (nSPS) is 19.9. The van der Waals surface area contributed by atoms with Crippen molar-refractivity contribution in [2.24, 2.45) is 5.92 Å². The second-order valence-corrected chi connectivity index (χ2v) is 9.48. The van der Waals surface area contributed by atoms with Gasteiger partial charge in [0.25, 0.3) is 0 Å². The molecule has 136 valence electrons. The summed E-state index contributed by atoms with van der Waals surface area (Å²) in [4.78, 5) is 2.25. The zero-order valence-electron chi connectivity index (χ0n) is 14.7. The minimum absolute atomic E-state index is 0.124. The van der Waals surface area contributed by atoms with E-state index >= 15 is 0 Å². The number of hydrogen-bond acceptors (Lipinski definition) is 6. The minimum Gasteiger partial charge on any atom is -0.355 e. The molecule has 2 aromatic rings. The maximum absolute atomic E-state index is 12.3. The Balaban J connectivity index is 1.38. The topological polar surface area (TPSA) is 83.7 Å². The summed E-state index contributed by atoms with van der Waals surface area (Å²) in [6, 6.07) is 3.91. The van der Waals surface area contributed by atoms with E-state index < -0.39 is 10.0 Å². The van der Waals surface area contributed by atoms with Crippen LogP contribution in [0, 0.1) is 12.8 Å². The number of hydrogen-bond donors (Lipinski definition) is 0. The predicted octanol–water partition coefficient (Wildman–Crippen LogP) is 1.07. The Bertz CT molecular complexity index is 868. The first-order valence-corrected chi connectivity index (χ1v) is 10.3. The molecule has 0 radical (unpaired) electrons. The molecule has 1 saturated carbocycles. The summed E-state index contributed by atoms with van der Waals surface area (Å²) in [5.41, 5.74) is 0.753. The Morgan fingerprint density at radius 1 is 1.16 bits per heavy atom. The highest BCUT2D eigenvalue weighted by molar-refractivity contribution is 7.90. The van der Waals surface area contributed by atoms with Gasteiger partial charge in [-0.1, -0.05) is 0 Å². The van der Waals surface area contributed by atoms with Crippen LogP contribution in [-0.2, 0) is 10.0 Å². The van der Waals surface area contributed by atoms with Gasteiger partial charge in [-0.3, -0.25) is 0 Å². The van der Waals surface area contributed by atoms with E-state index in [2.05, 4.69) is 20.2 Å². The molecular weight excluding hydrogens is 340 g/mol. The maximum atomic E-state index is 12.3. The molecule has 8 nitrogen and oxygen atoms in total. The third-order valence-corrected chi connectivity index (χ3v) is 7.57. The quantitative estimate of drug-likeness (QED) is 0.789. The van der Waals surface area contributed by atoms with Crippen molar-refractivity contribution < 1.29 is 8.42 Å². The number of piperidine rings is 1. The van der Waals surface area contributed by atoms with E-state index in [4.69, 9.17) is 0 Å². The van der Waals surface area contributed by atoms with Gasteiger partial charge in [-0.05, 0) is 50.7 Å². The highest BCUT2D eigenvalue weighted by Crippen LogP contribution is 2.31. The fraction of sp³-hybridized carbons (Fsp3) is 0.688. The second kappa shape index (κ2) is 6.21. The van der Waals surface area contributed by atoms with E-state index in [0.29, 0.717) is 12.5 Å². The molecule has 4 rings (SSSR count). The van der Waals surface area contributed by atoms with E-state index in [1.807, 2.05) is 19.1 Å². The van der Waals surface area contributed by atoms with Crippen molar-refractivity contribution in [2.75, 3.05) is 31.6 Å². The van der Waals surface area contributed by atoms with E-state index in [0.717, 1.165) is 56.1 Å². The molecule has 0 atom stereocenters. The molecule has 1 aliphatic heterocycles.